The third-order valence-electron chi connectivity index (χ3n) is 3.77. The minimum Gasteiger partial charge on any atom is -0.319 e. The molecule has 2 rings (SSSR count). The number of rotatable bonds is 2. The van der Waals surface area contributed by atoms with Crippen LogP contribution in [0.2, 0.25) is 0 Å². The minimum atomic E-state index is -0.271. The number of aryl methyl sites for hydroxylation is 1. The molecule has 1 saturated carbocycles. The van der Waals surface area contributed by atoms with Crippen molar-refractivity contribution in [2.75, 3.05) is 0 Å². The number of aromatic nitrogens is 3. The highest BCUT2D eigenvalue weighted by Crippen LogP contribution is 2.37. The summed E-state index contributed by atoms with van der Waals surface area (Å²) in [6.45, 7) is 6.51. The molecule has 0 radical (unpaired) electrons. The van der Waals surface area contributed by atoms with Gasteiger partial charge in [-0.3, -0.25) is 4.68 Å². The quantitative estimate of drug-likeness (QED) is 0.857. The van der Waals surface area contributed by atoms with Crippen LogP contribution in [0.25, 0.3) is 0 Å². The minimum absolute atomic E-state index is 0.271. The molecular formula is C13H24N4. The van der Waals surface area contributed by atoms with Crippen LogP contribution in [0, 0.1) is 5.92 Å². The highest BCUT2D eigenvalue weighted by atomic mass is 15.3. The molecule has 0 aromatic carbocycles. The largest absolute Gasteiger partial charge is 0.319 e. The van der Waals surface area contributed by atoms with Crippen molar-refractivity contribution < 1.29 is 0 Å². The normalized spacial score (nSPS) is 29.9. The van der Waals surface area contributed by atoms with Crippen LogP contribution in [0.3, 0.4) is 0 Å². The maximum atomic E-state index is 6.56. The van der Waals surface area contributed by atoms with Crippen molar-refractivity contribution in [2.24, 2.45) is 18.7 Å². The Kier molecular flexibility index (Phi) is 3.25. The standard InChI is InChI=1S/C13H24N4/c1-9(2)11-15-12(17(4)16-11)13(14)7-5-6-10(3)8-13/h9-10H,5-8,14H2,1-4H3. The van der Waals surface area contributed by atoms with Gasteiger partial charge in [0.1, 0.15) is 5.82 Å². The molecule has 0 bridgehead atoms. The number of hydrogen-bond donors (Lipinski definition) is 1. The Bertz CT molecular complexity index is 396. The van der Waals surface area contributed by atoms with Crippen LogP contribution in [0.4, 0.5) is 0 Å². The van der Waals surface area contributed by atoms with E-state index in [9.17, 15) is 0 Å². The zero-order chi connectivity index (χ0) is 12.6. The first-order chi connectivity index (χ1) is 7.92. The highest BCUT2D eigenvalue weighted by molar-refractivity contribution is 5.10. The van der Waals surface area contributed by atoms with Crippen molar-refractivity contribution in [3.8, 4) is 0 Å². The summed E-state index contributed by atoms with van der Waals surface area (Å²) in [6.07, 6.45) is 4.54. The Morgan fingerprint density at radius 2 is 2.18 bits per heavy atom. The summed E-state index contributed by atoms with van der Waals surface area (Å²) in [4.78, 5) is 4.67. The molecule has 4 nitrogen and oxygen atoms in total. The SMILES string of the molecule is CC1CCCC(N)(c2nc(C(C)C)nn2C)C1. The second kappa shape index (κ2) is 4.41. The average molecular weight is 236 g/mol. The molecule has 1 heterocycles. The molecule has 0 saturated heterocycles. The van der Waals surface area contributed by atoms with Crippen molar-refractivity contribution in [1.82, 2.24) is 14.8 Å². The summed E-state index contributed by atoms with van der Waals surface area (Å²) in [5.41, 5.74) is 6.29. The summed E-state index contributed by atoms with van der Waals surface area (Å²) in [5, 5.41) is 4.48. The van der Waals surface area contributed by atoms with Gasteiger partial charge in [0.15, 0.2) is 5.82 Å². The highest BCUT2D eigenvalue weighted by Gasteiger charge is 2.37. The van der Waals surface area contributed by atoms with Gasteiger partial charge in [-0.25, -0.2) is 4.98 Å². The Labute approximate surface area is 104 Å². The summed E-state index contributed by atoms with van der Waals surface area (Å²) in [7, 11) is 1.96. The van der Waals surface area contributed by atoms with Crippen LogP contribution in [0.15, 0.2) is 0 Å². The number of nitrogens with zero attached hydrogens (tertiary/aromatic N) is 3. The Morgan fingerprint density at radius 3 is 2.71 bits per heavy atom. The molecule has 0 spiro atoms. The molecule has 2 atom stereocenters. The first-order valence-corrected chi connectivity index (χ1v) is 6.62. The monoisotopic (exact) mass is 236 g/mol. The van der Waals surface area contributed by atoms with E-state index in [1.165, 1.54) is 12.8 Å². The average Bonchev–Trinajstić information content (AvgIpc) is 2.60. The van der Waals surface area contributed by atoms with Gasteiger partial charge < -0.3 is 5.73 Å². The number of nitrogens with two attached hydrogens (primary N) is 1. The molecule has 17 heavy (non-hydrogen) atoms. The van der Waals surface area contributed by atoms with Crippen LogP contribution in [-0.4, -0.2) is 14.8 Å². The molecule has 4 heteroatoms. The van der Waals surface area contributed by atoms with Crippen LogP contribution in [0.1, 0.15) is 64.0 Å². The second-order valence-corrected chi connectivity index (χ2v) is 5.93. The fourth-order valence-electron chi connectivity index (χ4n) is 2.88. The van der Waals surface area contributed by atoms with Gasteiger partial charge in [-0.2, -0.15) is 5.10 Å². The van der Waals surface area contributed by atoms with Gasteiger partial charge in [0.2, 0.25) is 0 Å². The fourth-order valence-corrected chi connectivity index (χ4v) is 2.88. The van der Waals surface area contributed by atoms with Crippen molar-refractivity contribution >= 4 is 0 Å². The van der Waals surface area contributed by atoms with E-state index in [1.807, 2.05) is 11.7 Å². The van der Waals surface area contributed by atoms with Gasteiger partial charge in [-0.05, 0) is 18.8 Å². The van der Waals surface area contributed by atoms with E-state index in [0.717, 1.165) is 24.5 Å². The maximum Gasteiger partial charge on any atom is 0.153 e. The zero-order valence-electron chi connectivity index (χ0n) is 11.4. The molecule has 1 aromatic heterocycles. The lowest BCUT2D eigenvalue weighted by molar-refractivity contribution is 0.222. The van der Waals surface area contributed by atoms with E-state index in [4.69, 9.17) is 5.73 Å². The summed E-state index contributed by atoms with van der Waals surface area (Å²) in [5.74, 6) is 2.92. The molecule has 0 aliphatic heterocycles. The van der Waals surface area contributed by atoms with Gasteiger partial charge in [0.25, 0.3) is 0 Å². The molecule has 2 N–H and O–H groups in total. The third-order valence-corrected chi connectivity index (χ3v) is 3.77. The topological polar surface area (TPSA) is 56.7 Å². The van der Waals surface area contributed by atoms with Crippen molar-refractivity contribution in [3.63, 3.8) is 0 Å². The van der Waals surface area contributed by atoms with E-state index >= 15 is 0 Å². The predicted octanol–water partition coefficient (Wildman–Crippen LogP) is 2.30. The van der Waals surface area contributed by atoms with Gasteiger partial charge in [0, 0.05) is 13.0 Å². The first-order valence-electron chi connectivity index (χ1n) is 6.62. The molecule has 96 valence electrons. The summed E-state index contributed by atoms with van der Waals surface area (Å²) >= 11 is 0. The van der Waals surface area contributed by atoms with Gasteiger partial charge in [-0.1, -0.05) is 33.6 Å². The number of hydrogen-bond acceptors (Lipinski definition) is 3. The van der Waals surface area contributed by atoms with Gasteiger partial charge in [0.05, 0.1) is 5.54 Å². The van der Waals surface area contributed by atoms with Crippen LogP contribution in [-0.2, 0) is 12.6 Å². The molecule has 1 aromatic rings. The van der Waals surface area contributed by atoms with Crippen molar-refractivity contribution in [3.05, 3.63) is 11.6 Å². The van der Waals surface area contributed by atoms with E-state index in [-0.39, 0.29) is 5.54 Å². The molecule has 1 aliphatic carbocycles. The molecule has 0 amide bonds. The maximum absolute atomic E-state index is 6.56. The van der Waals surface area contributed by atoms with Crippen molar-refractivity contribution in [1.29, 1.82) is 0 Å². The first kappa shape index (κ1) is 12.6. The summed E-state index contributed by atoms with van der Waals surface area (Å²) in [6, 6.07) is 0. The van der Waals surface area contributed by atoms with Crippen LogP contribution < -0.4 is 5.73 Å². The third kappa shape index (κ3) is 2.37. The van der Waals surface area contributed by atoms with Crippen LogP contribution in [0.5, 0.6) is 0 Å². The zero-order valence-corrected chi connectivity index (χ0v) is 11.4. The fraction of sp³-hybridized carbons (Fsp3) is 0.846. The van der Waals surface area contributed by atoms with E-state index in [0.29, 0.717) is 11.8 Å². The lowest BCUT2D eigenvalue weighted by atomic mass is 9.76. The summed E-state index contributed by atoms with van der Waals surface area (Å²) < 4.78 is 1.88. The second-order valence-electron chi connectivity index (χ2n) is 5.93. The Hall–Kier alpha value is -0.900. The molecule has 2 unspecified atom stereocenters. The van der Waals surface area contributed by atoms with E-state index < -0.39 is 0 Å². The van der Waals surface area contributed by atoms with E-state index in [1.54, 1.807) is 0 Å². The molecule has 1 aliphatic rings. The Morgan fingerprint density at radius 1 is 1.47 bits per heavy atom. The molecular weight excluding hydrogens is 212 g/mol. The van der Waals surface area contributed by atoms with Crippen LogP contribution >= 0.6 is 0 Å². The van der Waals surface area contributed by atoms with E-state index in [2.05, 4.69) is 30.9 Å². The lowest BCUT2D eigenvalue weighted by Gasteiger charge is -2.35. The van der Waals surface area contributed by atoms with Crippen molar-refractivity contribution in [2.45, 2.75) is 57.9 Å². The molecule has 1 fully saturated rings. The van der Waals surface area contributed by atoms with Gasteiger partial charge >= 0.3 is 0 Å². The Balaban J connectivity index is 2.32. The smallest absolute Gasteiger partial charge is 0.153 e. The lowest BCUT2D eigenvalue weighted by Crippen LogP contribution is -2.43. The predicted molar refractivity (Wildman–Crippen MR) is 68.6 cm³/mol. The van der Waals surface area contributed by atoms with Gasteiger partial charge in [-0.15, -0.1) is 0 Å².